The highest BCUT2D eigenvalue weighted by Crippen LogP contribution is 2.29. The number of carbonyl (C=O) groups is 2. The molecular weight excluding hydrogens is 376 g/mol. The molecule has 1 aromatic carbocycles. The highest BCUT2D eigenvalue weighted by molar-refractivity contribution is 7.14. The SMILES string of the molecule is COc1ccccc1N1CCN(C(=O)Cc2csc(N3CCCC3=O)n2)CC1. The number of para-hydroxylation sites is 2. The van der Waals surface area contributed by atoms with E-state index >= 15 is 0 Å². The van der Waals surface area contributed by atoms with E-state index in [1.54, 1.807) is 12.0 Å². The lowest BCUT2D eigenvalue weighted by molar-refractivity contribution is -0.130. The van der Waals surface area contributed by atoms with Crippen molar-refractivity contribution in [1.29, 1.82) is 0 Å². The summed E-state index contributed by atoms with van der Waals surface area (Å²) in [7, 11) is 1.68. The smallest absolute Gasteiger partial charge is 0.228 e. The molecule has 28 heavy (non-hydrogen) atoms. The number of ether oxygens (including phenoxy) is 1. The van der Waals surface area contributed by atoms with Crippen LogP contribution >= 0.6 is 11.3 Å². The van der Waals surface area contributed by atoms with Crippen LogP contribution < -0.4 is 14.5 Å². The largest absolute Gasteiger partial charge is 0.495 e. The second-order valence-corrected chi connectivity index (χ2v) is 7.82. The molecule has 0 unspecified atom stereocenters. The van der Waals surface area contributed by atoms with Crippen molar-refractivity contribution in [3.63, 3.8) is 0 Å². The lowest BCUT2D eigenvalue weighted by Crippen LogP contribution is -2.49. The highest BCUT2D eigenvalue weighted by atomic mass is 32.1. The normalized spacial score (nSPS) is 17.3. The van der Waals surface area contributed by atoms with Gasteiger partial charge in [0.1, 0.15) is 5.75 Å². The molecule has 7 nitrogen and oxygen atoms in total. The Morgan fingerprint density at radius 1 is 1.18 bits per heavy atom. The molecule has 0 saturated carbocycles. The van der Waals surface area contributed by atoms with Gasteiger partial charge >= 0.3 is 0 Å². The predicted molar refractivity (Wildman–Crippen MR) is 109 cm³/mol. The standard InChI is InChI=1S/C20H24N4O3S/c1-27-17-6-3-2-5-16(17)22-9-11-23(12-10-22)19(26)13-15-14-28-20(21-15)24-8-4-7-18(24)25/h2-3,5-6,14H,4,7-13H2,1H3. The fourth-order valence-electron chi connectivity index (χ4n) is 3.71. The molecule has 0 atom stereocenters. The number of piperazine rings is 1. The van der Waals surface area contributed by atoms with Gasteiger partial charge in [0.25, 0.3) is 0 Å². The summed E-state index contributed by atoms with van der Waals surface area (Å²) >= 11 is 1.44. The van der Waals surface area contributed by atoms with Gasteiger partial charge in [-0.1, -0.05) is 12.1 Å². The zero-order valence-electron chi connectivity index (χ0n) is 16.0. The summed E-state index contributed by atoms with van der Waals surface area (Å²) in [4.78, 5) is 34.9. The molecule has 0 spiro atoms. The molecule has 3 heterocycles. The Bertz CT molecular complexity index is 861. The molecule has 2 saturated heterocycles. The van der Waals surface area contributed by atoms with Crippen LogP contribution in [0.4, 0.5) is 10.8 Å². The van der Waals surface area contributed by atoms with E-state index in [9.17, 15) is 9.59 Å². The van der Waals surface area contributed by atoms with Crippen LogP contribution in [0.5, 0.6) is 5.75 Å². The van der Waals surface area contributed by atoms with Crippen LogP contribution in [-0.2, 0) is 16.0 Å². The highest BCUT2D eigenvalue weighted by Gasteiger charge is 2.26. The molecule has 2 aliphatic heterocycles. The van der Waals surface area contributed by atoms with Crippen molar-refractivity contribution in [2.75, 3.05) is 49.6 Å². The van der Waals surface area contributed by atoms with Gasteiger partial charge in [-0.05, 0) is 18.6 Å². The number of rotatable bonds is 5. The van der Waals surface area contributed by atoms with Crippen molar-refractivity contribution in [1.82, 2.24) is 9.88 Å². The first kappa shape index (κ1) is 18.7. The van der Waals surface area contributed by atoms with Gasteiger partial charge in [-0.15, -0.1) is 11.3 Å². The Balaban J connectivity index is 1.33. The molecule has 2 amide bonds. The third kappa shape index (κ3) is 3.82. The van der Waals surface area contributed by atoms with Crippen LogP contribution in [0, 0.1) is 0 Å². The number of hydrogen-bond acceptors (Lipinski definition) is 6. The fraction of sp³-hybridized carbons (Fsp3) is 0.450. The molecule has 0 radical (unpaired) electrons. The first-order chi connectivity index (χ1) is 13.7. The van der Waals surface area contributed by atoms with E-state index in [1.807, 2.05) is 34.5 Å². The molecule has 0 N–H and O–H groups in total. The van der Waals surface area contributed by atoms with E-state index < -0.39 is 0 Å². The lowest BCUT2D eigenvalue weighted by atomic mass is 10.2. The number of nitrogens with zero attached hydrogens (tertiary/aromatic N) is 4. The van der Waals surface area contributed by atoms with Crippen LogP contribution in [0.15, 0.2) is 29.6 Å². The van der Waals surface area contributed by atoms with Gasteiger partial charge < -0.3 is 14.5 Å². The molecular formula is C20H24N4O3S. The van der Waals surface area contributed by atoms with Crippen molar-refractivity contribution in [3.8, 4) is 5.75 Å². The number of aromatic nitrogens is 1. The van der Waals surface area contributed by atoms with Crippen molar-refractivity contribution < 1.29 is 14.3 Å². The first-order valence-corrected chi connectivity index (χ1v) is 10.4. The minimum absolute atomic E-state index is 0.0873. The maximum Gasteiger partial charge on any atom is 0.228 e. The lowest BCUT2D eigenvalue weighted by Gasteiger charge is -2.36. The van der Waals surface area contributed by atoms with Crippen LogP contribution in [0.25, 0.3) is 0 Å². The van der Waals surface area contributed by atoms with Gasteiger partial charge in [-0.3, -0.25) is 14.5 Å². The minimum Gasteiger partial charge on any atom is -0.495 e. The van der Waals surface area contributed by atoms with E-state index in [2.05, 4.69) is 9.88 Å². The molecule has 4 rings (SSSR count). The van der Waals surface area contributed by atoms with Crippen LogP contribution in [-0.4, -0.2) is 61.5 Å². The molecule has 2 aliphatic rings. The summed E-state index contributed by atoms with van der Waals surface area (Å²) in [6, 6.07) is 7.96. The van der Waals surface area contributed by atoms with Gasteiger partial charge in [-0.25, -0.2) is 4.98 Å². The number of anilines is 2. The summed E-state index contributed by atoms with van der Waals surface area (Å²) in [5.74, 6) is 1.07. The maximum absolute atomic E-state index is 12.7. The Labute approximate surface area is 168 Å². The number of thiazole rings is 1. The van der Waals surface area contributed by atoms with Crippen LogP contribution in [0.3, 0.4) is 0 Å². The van der Waals surface area contributed by atoms with Gasteiger partial charge in [0.15, 0.2) is 5.13 Å². The van der Waals surface area contributed by atoms with Crippen molar-refractivity contribution >= 4 is 34.0 Å². The van der Waals surface area contributed by atoms with Crippen LogP contribution in [0.2, 0.25) is 0 Å². The Kier molecular flexibility index (Phi) is 5.47. The number of carbonyl (C=O) groups excluding carboxylic acids is 2. The second kappa shape index (κ2) is 8.18. The van der Waals surface area contributed by atoms with E-state index in [4.69, 9.17) is 4.74 Å². The van der Waals surface area contributed by atoms with Gasteiger partial charge in [0.05, 0.1) is 24.9 Å². The molecule has 0 bridgehead atoms. The average molecular weight is 401 g/mol. The Hall–Kier alpha value is -2.61. The number of methoxy groups -OCH3 is 1. The summed E-state index contributed by atoms with van der Waals surface area (Å²) in [6.07, 6.45) is 1.75. The van der Waals surface area contributed by atoms with E-state index in [1.165, 1.54) is 11.3 Å². The zero-order valence-corrected chi connectivity index (χ0v) is 16.8. The van der Waals surface area contributed by atoms with Crippen molar-refractivity contribution in [2.24, 2.45) is 0 Å². The number of benzene rings is 1. The van der Waals surface area contributed by atoms with Crippen molar-refractivity contribution in [3.05, 3.63) is 35.3 Å². The summed E-state index contributed by atoms with van der Waals surface area (Å²) in [5.41, 5.74) is 1.81. The average Bonchev–Trinajstić information content (AvgIpc) is 3.36. The third-order valence-electron chi connectivity index (χ3n) is 5.23. The van der Waals surface area contributed by atoms with Gasteiger partial charge in [-0.2, -0.15) is 0 Å². The van der Waals surface area contributed by atoms with E-state index in [0.717, 1.165) is 43.2 Å². The van der Waals surface area contributed by atoms with Gasteiger partial charge in [0.2, 0.25) is 11.8 Å². The molecule has 0 aliphatic carbocycles. The topological polar surface area (TPSA) is 66.0 Å². The molecule has 1 aromatic heterocycles. The summed E-state index contributed by atoms with van der Waals surface area (Å²) < 4.78 is 5.45. The van der Waals surface area contributed by atoms with Crippen LogP contribution in [0.1, 0.15) is 18.5 Å². The monoisotopic (exact) mass is 400 g/mol. The Morgan fingerprint density at radius 2 is 1.96 bits per heavy atom. The quantitative estimate of drug-likeness (QED) is 0.770. The summed E-state index contributed by atoms with van der Waals surface area (Å²) in [6.45, 7) is 3.63. The van der Waals surface area contributed by atoms with E-state index in [-0.39, 0.29) is 18.2 Å². The fourth-order valence-corrected chi connectivity index (χ4v) is 4.57. The first-order valence-electron chi connectivity index (χ1n) is 9.56. The second-order valence-electron chi connectivity index (χ2n) is 6.99. The molecule has 8 heteroatoms. The molecule has 2 fully saturated rings. The molecule has 148 valence electrons. The maximum atomic E-state index is 12.7. The number of hydrogen-bond donors (Lipinski definition) is 0. The third-order valence-corrected chi connectivity index (χ3v) is 6.15. The van der Waals surface area contributed by atoms with Crippen molar-refractivity contribution in [2.45, 2.75) is 19.3 Å². The Morgan fingerprint density at radius 3 is 2.68 bits per heavy atom. The number of amides is 2. The zero-order chi connectivity index (χ0) is 19.5. The minimum atomic E-state index is 0.0873. The van der Waals surface area contributed by atoms with E-state index in [0.29, 0.717) is 24.6 Å². The van der Waals surface area contributed by atoms with Gasteiger partial charge in [0, 0.05) is 44.5 Å². The summed E-state index contributed by atoms with van der Waals surface area (Å²) in [5, 5.41) is 2.61. The predicted octanol–water partition coefficient (Wildman–Crippen LogP) is 2.17. The molecule has 2 aromatic rings.